The Labute approximate surface area is 415 Å². The summed E-state index contributed by atoms with van der Waals surface area (Å²) in [5, 5.41) is 77.7. The van der Waals surface area contributed by atoms with E-state index in [9.17, 15) is 84.4 Å². The average molecular weight is 1080 g/mol. The second-order valence-corrected chi connectivity index (χ2v) is 17.0. The van der Waals surface area contributed by atoms with E-state index in [4.69, 9.17) is 18.9 Å². The van der Waals surface area contributed by atoms with Crippen molar-refractivity contribution in [1.82, 2.24) is 19.6 Å². The molecule has 2 saturated heterocycles. The van der Waals surface area contributed by atoms with Gasteiger partial charge in [-0.25, -0.2) is 31.7 Å². The number of benzene rings is 2. The molecular formula is C46H56F10N4O14. The number of methoxy groups -OCH3 is 1. The maximum Gasteiger partial charge on any atom is 0.508 e. The summed E-state index contributed by atoms with van der Waals surface area (Å²) in [4.78, 5) is 11.3. The van der Waals surface area contributed by atoms with Crippen LogP contribution < -0.4 is 9.47 Å². The number of aromatic nitrogens is 4. The Bertz CT molecular complexity index is 2380. The summed E-state index contributed by atoms with van der Waals surface area (Å²) in [5.74, 6) is -1.50. The van der Waals surface area contributed by atoms with Gasteiger partial charge in [0.15, 0.2) is 11.4 Å². The van der Waals surface area contributed by atoms with Crippen LogP contribution in [0.4, 0.5) is 48.7 Å². The summed E-state index contributed by atoms with van der Waals surface area (Å²) in [5.41, 5.74) is -1.39. The zero-order chi connectivity index (χ0) is 54.8. The zero-order valence-corrected chi connectivity index (χ0v) is 39.7. The highest BCUT2D eigenvalue weighted by Gasteiger charge is 2.49. The predicted molar refractivity (Wildman–Crippen MR) is 234 cm³/mol. The first-order chi connectivity index (χ1) is 35.0. The number of aryl methyl sites for hydroxylation is 2. The van der Waals surface area contributed by atoms with E-state index in [0.29, 0.717) is 24.0 Å². The summed E-state index contributed by atoms with van der Waals surface area (Å²) in [6, 6.07) is 9.38. The summed E-state index contributed by atoms with van der Waals surface area (Å²) in [7, 11) is 1.01. The lowest BCUT2D eigenvalue weighted by atomic mass is 9.99. The van der Waals surface area contributed by atoms with Gasteiger partial charge in [0.1, 0.15) is 94.2 Å². The molecule has 0 radical (unpaired) electrons. The minimum Gasteiger partial charge on any atom is -0.443 e. The van der Waals surface area contributed by atoms with Crippen LogP contribution in [0.1, 0.15) is 70.7 Å². The first-order valence-electron chi connectivity index (χ1n) is 22.8. The fourth-order valence-electron chi connectivity index (χ4n) is 7.82. The van der Waals surface area contributed by atoms with Crippen LogP contribution in [0.25, 0.3) is 0 Å². The van der Waals surface area contributed by atoms with Gasteiger partial charge >= 0.3 is 18.5 Å². The van der Waals surface area contributed by atoms with E-state index < -0.39 is 179 Å². The number of aliphatic hydroxyl groups excluding tert-OH is 7. The fraction of sp³-hybridized carbons (Fsp3) is 0.587. The van der Waals surface area contributed by atoms with Crippen molar-refractivity contribution in [2.45, 2.75) is 125 Å². The van der Waals surface area contributed by atoms with E-state index in [1.165, 1.54) is 0 Å². The van der Waals surface area contributed by atoms with Crippen molar-refractivity contribution in [3.63, 3.8) is 0 Å². The second kappa shape index (κ2) is 25.9. The molecule has 74 heavy (non-hydrogen) atoms. The molecule has 10 atom stereocenters. The fourth-order valence-corrected chi connectivity index (χ4v) is 7.82. The number of nitrogens with zero attached hydrogens (tertiary/aromatic N) is 4. The Hall–Kier alpha value is -5.33. The molecule has 0 saturated carbocycles. The highest BCUT2D eigenvalue weighted by molar-refractivity contribution is 5.59. The Morgan fingerprint density at radius 2 is 0.946 bits per heavy atom. The summed E-state index contributed by atoms with van der Waals surface area (Å²) >= 11 is 0. The van der Waals surface area contributed by atoms with Crippen LogP contribution in [0.2, 0.25) is 0 Å². The van der Waals surface area contributed by atoms with Crippen LogP contribution in [-0.4, -0.2) is 170 Å². The second-order valence-electron chi connectivity index (χ2n) is 17.0. The van der Waals surface area contributed by atoms with E-state index in [1.807, 2.05) is 13.8 Å². The molecule has 28 heteroatoms. The summed E-state index contributed by atoms with van der Waals surface area (Å²) in [6.07, 6.45) is -28.7. The highest BCUT2D eigenvalue weighted by atomic mass is 19.4. The number of aliphatic hydroxyl groups is 7. The van der Waals surface area contributed by atoms with Gasteiger partial charge in [-0.3, -0.25) is 0 Å². The van der Waals surface area contributed by atoms with E-state index >= 15 is 0 Å². The SMILES string of the molecule is CCc1ccc(Cc2c(O[C@@H]3O[C@H](CO)[C@@H](O)[C@H](O)[C@H]3O)nn(C(CF)CF)c2C(F)(F)F)cc1.CCc1ccc(Cc2c(O[C@@H]3O[C@H](COC(=O)OC)[C@@H](O)[C@H](O)[C@H]3O)nn(C(CF)CF)c2C(F)(F)F)cc1. The van der Waals surface area contributed by atoms with Crippen molar-refractivity contribution in [2.75, 3.05) is 47.0 Å². The molecule has 2 aromatic heterocycles. The number of alkyl halides is 10. The number of halogens is 10. The Morgan fingerprint density at radius 1 is 0.595 bits per heavy atom. The molecule has 2 aliphatic rings. The minimum atomic E-state index is -5.12. The number of carbonyl (C=O) groups is 1. The van der Waals surface area contributed by atoms with E-state index in [1.54, 1.807) is 48.5 Å². The van der Waals surface area contributed by atoms with Gasteiger partial charge in [0.05, 0.1) is 24.8 Å². The number of carbonyl (C=O) groups excluding carboxylic acids is 1. The third kappa shape index (κ3) is 13.9. The maximum absolute atomic E-state index is 14.2. The molecular weight excluding hydrogens is 1020 g/mol. The first-order valence-corrected chi connectivity index (χ1v) is 22.8. The molecule has 414 valence electrons. The number of hydrogen-bond donors (Lipinski definition) is 7. The first kappa shape index (κ1) is 59.5. The van der Waals surface area contributed by atoms with Crippen molar-refractivity contribution in [2.24, 2.45) is 0 Å². The number of hydrogen-bond acceptors (Lipinski definition) is 16. The van der Waals surface area contributed by atoms with Crippen LogP contribution >= 0.6 is 0 Å². The molecule has 7 N–H and O–H groups in total. The molecule has 2 aliphatic heterocycles. The zero-order valence-electron chi connectivity index (χ0n) is 39.7. The van der Waals surface area contributed by atoms with Gasteiger partial charge in [-0.15, -0.1) is 10.2 Å². The van der Waals surface area contributed by atoms with Gasteiger partial charge in [-0.05, 0) is 35.1 Å². The molecule has 0 bridgehead atoms. The number of ether oxygens (including phenoxy) is 6. The van der Waals surface area contributed by atoms with E-state index in [-0.39, 0.29) is 9.36 Å². The lowest BCUT2D eigenvalue weighted by molar-refractivity contribution is -0.278. The maximum atomic E-state index is 14.2. The molecule has 2 aromatic carbocycles. The standard InChI is InChI=1S/C24H29F5N2O8.C22H27F5N2O6/c1-3-12-4-6-13(7-5-12)8-15-20(24(27,28)29)31(14(9-25)10-26)30-21(15)39-22-19(34)18(33)17(32)16(38-22)11-37-23(35)36-2;1-2-11-3-5-12(6-4-11)7-14-19(22(25,26)27)29(13(8-23)9-24)28-20(14)35-21-18(33)17(32)16(31)15(10-30)34-21/h4-7,14,16-19,22,32-34H,3,8-11H2,1-2H3;3-6,13,15-18,21,30-33H,2,7-10H2,1H3/t16-,17-,18+,19-,22+;15-,16-,17+,18-,21+/m11/s1. The molecule has 2 fully saturated rings. The Morgan fingerprint density at radius 3 is 1.27 bits per heavy atom. The molecule has 0 spiro atoms. The topological polar surface area (TPSA) is 250 Å². The normalized spacial score (nSPS) is 24.4. The average Bonchev–Trinajstić information content (AvgIpc) is 3.92. The van der Waals surface area contributed by atoms with Gasteiger partial charge in [0.25, 0.3) is 0 Å². The monoisotopic (exact) mass is 1080 g/mol. The molecule has 0 amide bonds. The smallest absolute Gasteiger partial charge is 0.443 e. The molecule has 6 rings (SSSR count). The molecule has 0 aliphatic carbocycles. The minimum absolute atomic E-state index is 0.142. The van der Waals surface area contributed by atoms with Crippen molar-refractivity contribution in [3.8, 4) is 11.8 Å². The Balaban J connectivity index is 0.000000276. The molecule has 18 nitrogen and oxygen atoms in total. The van der Waals surface area contributed by atoms with Crippen LogP contribution in [-0.2, 0) is 57.0 Å². The van der Waals surface area contributed by atoms with Crippen LogP contribution in [0.5, 0.6) is 11.8 Å². The summed E-state index contributed by atoms with van der Waals surface area (Å²) in [6.45, 7) is -3.65. The van der Waals surface area contributed by atoms with Gasteiger partial charge in [-0.1, -0.05) is 62.4 Å². The van der Waals surface area contributed by atoms with Crippen molar-refractivity contribution in [1.29, 1.82) is 0 Å². The van der Waals surface area contributed by atoms with Crippen molar-refractivity contribution >= 4 is 6.16 Å². The Kier molecular flexibility index (Phi) is 20.9. The molecule has 4 heterocycles. The predicted octanol–water partition coefficient (Wildman–Crippen LogP) is 4.22. The highest BCUT2D eigenvalue weighted by Crippen LogP contribution is 2.42. The molecule has 0 unspecified atom stereocenters. The molecule has 4 aromatic rings. The van der Waals surface area contributed by atoms with Gasteiger partial charge in [-0.2, -0.15) is 26.3 Å². The van der Waals surface area contributed by atoms with Gasteiger partial charge < -0.3 is 64.2 Å². The third-order valence-electron chi connectivity index (χ3n) is 12.0. The van der Waals surface area contributed by atoms with Gasteiger partial charge in [0, 0.05) is 12.8 Å². The lowest BCUT2D eigenvalue weighted by Crippen LogP contribution is -2.60. The lowest BCUT2D eigenvalue weighted by Gasteiger charge is -2.39. The number of rotatable bonds is 19. The van der Waals surface area contributed by atoms with Crippen molar-refractivity contribution < 1.29 is 113 Å². The largest absolute Gasteiger partial charge is 0.508 e. The van der Waals surface area contributed by atoms with Crippen molar-refractivity contribution in [3.05, 3.63) is 93.3 Å². The summed E-state index contributed by atoms with van der Waals surface area (Å²) < 4.78 is 170. The van der Waals surface area contributed by atoms with Crippen LogP contribution in [0.3, 0.4) is 0 Å². The van der Waals surface area contributed by atoms with Gasteiger partial charge in [0.2, 0.25) is 24.3 Å². The van der Waals surface area contributed by atoms with E-state index in [2.05, 4.69) is 19.7 Å². The third-order valence-corrected chi connectivity index (χ3v) is 12.0. The quantitative estimate of drug-likeness (QED) is 0.0513. The van der Waals surface area contributed by atoms with E-state index in [0.717, 1.165) is 18.2 Å². The van der Waals surface area contributed by atoms with Crippen LogP contribution in [0, 0.1) is 0 Å². The van der Waals surface area contributed by atoms with Crippen LogP contribution in [0.15, 0.2) is 48.5 Å².